The van der Waals surface area contributed by atoms with E-state index < -0.39 is 23.4 Å². The van der Waals surface area contributed by atoms with Crippen LogP contribution in [-0.2, 0) is 14.3 Å². The van der Waals surface area contributed by atoms with Crippen molar-refractivity contribution in [1.29, 1.82) is 0 Å². The average Bonchev–Trinajstić information content (AvgIpc) is 3.11. The Labute approximate surface area is 142 Å². The lowest BCUT2D eigenvalue weighted by Crippen LogP contribution is -2.20. The van der Waals surface area contributed by atoms with Gasteiger partial charge < -0.3 is 19.2 Å². The number of methoxy groups -OCH3 is 1. The zero-order valence-corrected chi connectivity index (χ0v) is 13.1. The Morgan fingerprint density at radius 1 is 1.36 bits per heavy atom. The summed E-state index contributed by atoms with van der Waals surface area (Å²) in [4.78, 5) is 33.5. The third kappa shape index (κ3) is 5.20. The van der Waals surface area contributed by atoms with Crippen LogP contribution >= 0.6 is 0 Å². The van der Waals surface area contributed by atoms with Crippen LogP contribution < -0.4 is 10.1 Å². The third-order valence-electron chi connectivity index (χ3n) is 2.94. The number of hydrogen-bond donors (Lipinski definition) is 1. The average molecular weight is 346 g/mol. The first-order valence-corrected chi connectivity index (χ1v) is 7.00. The molecule has 0 aliphatic heterocycles. The normalized spacial score (nSPS) is 10.4. The quantitative estimate of drug-likeness (QED) is 0.353. The number of furan rings is 1. The van der Waals surface area contributed by atoms with Gasteiger partial charge in [0.25, 0.3) is 11.6 Å². The van der Waals surface area contributed by atoms with Gasteiger partial charge in [0.2, 0.25) is 0 Å². The Hall–Kier alpha value is -3.62. The number of amides is 1. The molecule has 2 rings (SSSR count). The van der Waals surface area contributed by atoms with E-state index in [1.54, 1.807) is 12.1 Å². The molecule has 9 heteroatoms. The van der Waals surface area contributed by atoms with Gasteiger partial charge in [0.15, 0.2) is 6.61 Å². The Balaban J connectivity index is 1.89. The predicted octanol–water partition coefficient (Wildman–Crippen LogP) is 2.39. The number of nitrogens with zero attached hydrogens (tertiary/aromatic N) is 1. The van der Waals surface area contributed by atoms with Crippen molar-refractivity contribution in [2.45, 2.75) is 0 Å². The summed E-state index contributed by atoms with van der Waals surface area (Å²) in [6.45, 7) is -0.526. The number of ether oxygens (including phenoxy) is 2. The van der Waals surface area contributed by atoms with Crippen molar-refractivity contribution in [3.63, 3.8) is 0 Å². The van der Waals surface area contributed by atoms with Crippen LogP contribution in [0.5, 0.6) is 5.75 Å². The molecule has 0 atom stereocenters. The van der Waals surface area contributed by atoms with E-state index in [1.807, 2.05) is 0 Å². The maximum absolute atomic E-state index is 11.8. The Morgan fingerprint density at radius 2 is 2.16 bits per heavy atom. The fourth-order valence-corrected chi connectivity index (χ4v) is 1.80. The Bertz CT molecular complexity index is 797. The van der Waals surface area contributed by atoms with Gasteiger partial charge in [0, 0.05) is 12.1 Å². The number of nitro groups is 1. The van der Waals surface area contributed by atoms with Crippen molar-refractivity contribution < 1.29 is 28.4 Å². The Kier molecular flexibility index (Phi) is 5.88. The lowest BCUT2D eigenvalue weighted by molar-refractivity contribution is -0.384. The minimum atomic E-state index is -0.720. The number of hydrogen-bond acceptors (Lipinski definition) is 7. The van der Waals surface area contributed by atoms with Gasteiger partial charge in [-0.25, -0.2) is 4.79 Å². The highest BCUT2D eigenvalue weighted by Crippen LogP contribution is 2.28. The number of anilines is 1. The van der Waals surface area contributed by atoms with E-state index in [9.17, 15) is 19.7 Å². The summed E-state index contributed by atoms with van der Waals surface area (Å²) in [6.07, 6.45) is 3.98. The van der Waals surface area contributed by atoms with Crippen molar-refractivity contribution in [2.24, 2.45) is 0 Å². The second-order valence-electron chi connectivity index (χ2n) is 4.65. The molecule has 0 radical (unpaired) electrons. The number of nitrogens with one attached hydrogen (secondary N) is 1. The molecular weight excluding hydrogens is 332 g/mol. The molecule has 1 amide bonds. The van der Waals surface area contributed by atoms with Crippen LogP contribution in [0, 0.1) is 10.1 Å². The molecule has 1 aromatic carbocycles. The van der Waals surface area contributed by atoms with Gasteiger partial charge in [-0.15, -0.1) is 0 Å². The second-order valence-corrected chi connectivity index (χ2v) is 4.65. The first-order chi connectivity index (χ1) is 12.0. The topological polar surface area (TPSA) is 121 Å². The third-order valence-corrected chi connectivity index (χ3v) is 2.94. The van der Waals surface area contributed by atoms with Crippen molar-refractivity contribution in [3.05, 3.63) is 58.5 Å². The van der Waals surface area contributed by atoms with Gasteiger partial charge in [-0.3, -0.25) is 14.9 Å². The fourth-order valence-electron chi connectivity index (χ4n) is 1.80. The van der Waals surface area contributed by atoms with Gasteiger partial charge >= 0.3 is 5.97 Å². The standard InChI is InChI=1S/C16H14N2O7/c1-23-14-9-11(18(21)22)4-6-13(14)17-15(19)10-25-16(20)7-5-12-3-2-8-24-12/h2-9H,10H2,1H3,(H,17,19)/b7-5+. The van der Waals surface area contributed by atoms with Crippen LogP contribution in [0.15, 0.2) is 47.1 Å². The maximum Gasteiger partial charge on any atom is 0.331 e. The molecule has 1 N–H and O–H groups in total. The molecule has 1 heterocycles. The molecule has 25 heavy (non-hydrogen) atoms. The number of benzene rings is 1. The van der Waals surface area contributed by atoms with Crippen LogP contribution in [-0.4, -0.2) is 30.5 Å². The molecule has 1 aromatic heterocycles. The number of rotatable bonds is 7. The summed E-state index contributed by atoms with van der Waals surface area (Å²) < 4.78 is 14.8. The van der Waals surface area contributed by atoms with Crippen molar-refractivity contribution in [2.75, 3.05) is 19.0 Å². The highest BCUT2D eigenvalue weighted by atomic mass is 16.6. The van der Waals surface area contributed by atoms with Crippen LogP contribution in [0.4, 0.5) is 11.4 Å². The summed E-state index contributed by atoms with van der Waals surface area (Å²) in [7, 11) is 1.31. The van der Waals surface area contributed by atoms with Crippen LogP contribution in [0.2, 0.25) is 0 Å². The van der Waals surface area contributed by atoms with E-state index in [0.29, 0.717) is 5.76 Å². The molecule has 0 aliphatic rings. The summed E-state index contributed by atoms with van der Waals surface area (Å²) in [6, 6.07) is 7.03. The Morgan fingerprint density at radius 3 is 2.80 bits per heavy atom. The van der Waals surface area contributed by atoms with Crippen molar-refractivity contribution in [1.82, 2.24) is 0 Å². The van der Waals surface area contributed by atoms with Gasteiger partial charge in [0.1, 0.15) is 11.5 Å². The lowest BCUT2D eigenvalue weighted by Gasteiger charge is -2.09. The predicted molar refractivity (Wildman–Crippen MR) is 87.0 cm³/mol. The fraction of sp³-hybridized carbons (Fsp3) is 0.125. The molecule has 0 saturated carbocycles. The zero-order valence-electron chi connectivity index (χ0n) is 13.1. The SMILES string of the molecule is COc1cc([N+](=O)[O-])ccc1NC(=O)COC(=O)/C=C/c1ccco1. The van der Waals surface area contributed by atoms with Crippen molar-refractivity contribution in [3.8, 4) is 5.75 Å². The number of carbonyl (C=O) groups excluding carboxylic acids is 2. The number of non-ortho nitro benzene ring substituents is 1. The zero-order chi connectivity index (χ0) is 18.2. The van der Waals surface area contributed by atoms with E-state index in [-0.39, 0.29) is 17.1 Å². The minimum absolute atomic E-state index is 0.117. The monoisotopic (exact) mass is 346 g/mol. The van der Waals surface area contributed by atoms with E-state index in [2.05, 4.69) is 5.32 Å². The van der Waals surface area contributed by atoms with Crippen LogP contribution in [0.1, 0.15) is 5.76 Å². The molecule has 0 aliphatic carbocycles. The van der Waals surface area contributed by atoms with E-state index in [0.717, 1.165) is 6.08 Å². The van der Waals surface area contributed by atoms with E-state index in [4.69, 9.17) is 13.9 Å². The van der Waals surface area contributed by atoms with Crippen molar-refractivity contribution >= 4 is 29.3 Å². The molecular formula is C16H14N2O7. The molecule has 9 nitrogen and oxygen atoms in total. The molecule has 2 aromatic rings. The molecule has 0 unspecified atom stereocenters. The summed E-state index contributed by atoms with van der Waals surface area (Å²) in [5.74, 6) is -0.752. The molecule has 0 fully saturated rings. The molecule has 0 saturated heterocycles. The minimum Gasteiger partial charge on any atom is -0.494 e. The second kappa shape index (κ2) is 8.29. The molecule has 0 bridgehead atoms. The first kappa shape index (κ1) is 17.7. The highest BCUT2D eigenvalue weighted by Gasteiger charge is 2.14. The van der Waals surface area contributed by atoms with Gasteiger partial charge in [-0.1, -0.05) is 0 Å². The number of carbonyl (C=O) groups is 2. The molecule has 130 valence electrons. The summed E-state index contributed by atoms with van der Waals surface area (Å²) in [5, 5.41) is 13.2. The maximum atomic E-state index is 11.8. The number of esters is 1. The first-order valence-electron chi connectivity index (χ1n) is 7.00. The summed E-state index contributed by atoms with van der Waals surface area (Å²) >= 11 is 0. The largest absolute Gasteiger partial charge is 0.494 e. The van der Waals surface area contributed by atoms with E-state index >= 15 is 0 Å². The van der Waals surface area contributed by atoms with Gasteiger partial charge in [-0.2, -0.15) is 0 Å². The summed E-state index contributed by atoms with van der Waals surface area (Å²) in [5.41, 5.74) is 0.0459. The van der Waals surface area contributed by atoms with Crippen LogP contribution in [0.3, 0.4) is 0 Å². The smallest absolute Gasteiger partial charge is 0.331 e. The van der Waals surface area contributed by atoms with Gasteiger partial charge in [0.05, 0.1) is 30.1 Å². The number of nitro benzene ring substituents is 1. The highest BCUT2D eigenvalue weighted by molar-refractivity contribution is 5.95. The van der Waals surface area contributed by atoms with Gasteiger partial charge in [-0.05, 0) is 24.3 Å². The lowest BCUT2D eigenvalue weighted by atomic mass is 10.2. The van der Waals surface area contributed by atoms with E-state index in [1.165, 1.54) is 37.6 Å². The van der Waals surface area contributed by atoms with Crippen LogP contribution in [0.25, 0.3) is 6.08 Å². The molecule has 0 spiro atoms.